The molecule has 35 heavy (non-hydrogen) atoms. The number of carbonyl (C=O) groups is 1. The van der Waals surface area contributed by atoms with Gasteiger partial charge in [-0.1, -0.05) is 37.6 Å². The fourth-order valence-electron chi connectivity index (χ4n) is 4.89. The molecule has 2 aromatic carbocycles. The molecule has 1 fully saturated rings. The zero-order valence-corrected chi connectivity index (χ0v) is 22.2. The number of benzene rings is 2. The van der Waals surface area contributed by atoms with Crippen LogP contribution in [0, 0.1) is 12.3 Å². The van der Waals surface area contributed by atoms with Crippen LogP contribution >= 0.6 is 11.6 Å². The van der Waals surface area contributed by atoms with E-state index in [2.05, 4.69) is 16.0 Å². The highest BCUT2D eigenvalue weighted by atomic mass is 35.5. The third-order valence-electron chi connectivity index (χ3n) is 6.84. The molecule has 1 aliphatic heterocycles. The van der Waals surface area contributed by atoms with Crippen molar-refractivity contribution in [2.75, 3.05) is 30.8 Å². The number of anilines is 1. The third kappa shape index (κ3) is 5.62. The Labute approximate surface area is 212 Å². The molecule has 1 amide bonds. The Bertz CT molecular complexity index is 1350. The standard InChI is InChI=1S/C27H32ClN3O3S/c1-19-15-24(9-12-29-19)31-13-10-23(11-14-31)30(4)26(32)27(2,3)18-35(33,34)25-8-6-20-16-22(28)7-5-21(20)17-25/h5-9,12,15-17,23H,10-11,13-14,18H2,1-4H3. The number of aromatic nitrogens is 1. The molecule has 0 spiro atoms. The summed E-state index contributed by atoms with van der Waals surface area (Å²) in [6.45, 7) is 7.10. The van der Waals surface area contributed by atoms with Crippen LogP contribution in [0.15, 0.2) is 59.6 Å². The molecule has 1 aliphatic rings. The molecule has 0 unspecified atom stereocenters. The van der Waals surface area contributed by atoms with Crippen molar-refractivity contribution in [3.8, 4) is 0 Å². The second-order valence-electron chi connectivity index (χ2n) is 10.1. The first-order chi connectivity index (χ1) is 16.5. The maximum atomic E-state index is 13.4. The van der Waals surface area contributed by atoms with E-state index in [1.165, 1.54) is 0 Å². The minimum atomic E-state index is -3.67. The van der Waals surface area contributed by atoms with Gasteiger partial charge in [0.1, 0.15) is 0 Å². The van der Waals surface area contributed by atoms with Gasteiger partial charge < -0.3 is 9.80 Å². The summed E-state index contributed by atoms with van der Waals surface area (Å²) >= 11 is 6.04. The lowest BCUT2D eigenvalue weighted by Gasteiger charge is -2.40. The van der Waals surface area contributed by atoms with Gasteiger partial charge in [-0.15, -0.1) is 0 Å². The van der Waals surface area contributed by atoms with Crippen molar-refractivity contribution < 1.29 is 13.2 Å². The van der Waals surface area contributed by atoms with Crippen LogP contribution in [0.5, 0.6) is 0 Å². The maximum absolute atomic E-state index is 13.4. The summed E-state index contributed by atoms with van der Waals surface area (Å²) in [5, 5.41) is 2.28. The molecule has 1 aromatic heterocycles. The average molecular weight is 514 g/mol. The van der Waals surface area contributed by atoms with Crippen molar-refractivity contribution in [3.63, 3.8) is 0 Å². The van der Waals surface area contributed by atoms with Crippen molar-refractivity contribution in [1.29, 1.82) is 0 Å². The number of amides is 1. The molecule has 6 nitrogen and oxygen atoms in total. The Morgan fingerprint density at radius 3 is 2.43 bits per heavy atom. The highest BCUT2D eigenvalue weighted by Crippen LogP contribution is 2.30. The molecule has 186 valence electrons. The second-order valence-corrected chi connectivity index (χ2v) is 12.5. The molecule has 2 heterocycles. The summed E-state index contributed by atoms with van der Waals surface area (Å²) in [6.07, 6.45) is 3.49. The number of aryl methyl sites for hydroxylation is 1. The number of rotatable bonds is 6. The Hall–Kier alpha value is -2.64. The van der Waals surface area contributed by atoms with Gasteiger partial charge in [-0.2, -0.15) is 0 Å². The topological polar surface area (TPSA) is 70.6 Å². The number of piperidine rings is 1. The summed E-state index contributed by atoms with van der Waals surface area (Å²) in [4.78, 5) is 22.0. The SMILES string of the molecule is Cc1cc(N2CCC(N(C)C(=O)C(C)(C)CS(=O)(=O)c3ccc4cc(Cl)ccc4c3)CC2)ccn1. The summed E-state index contributed by atoms with van der Waals surface area (Å²) in [7, 11) is -1.87. The Morgan fingerprint density at radius 2 is 1.74 bits per heavy atom. The summed E-state index contributed by atoms with van der Waals surface area (Å²) < 4.78 is 26.6. The van der Waals surface area contributed by atoms with E-state index in [4.69, 9.17) is 11.6 Å². The number of hydrogen-bond donors (Lipinski definition) is 0. The zero-order chi connectivity index (χ0) is 25.4. The molecule has 0 radical (unpaired) electrons. The van der Waals surface area contributed by atoms with E-state index in [1.54, 1.807) is 62.2 Å². The first-order valence-corrected chi connectivity index (χ1v) is 13.9. The Morgan fingerprint density at radius 1 is 1.09 bits per heavy atom. The number of fused-ring (bicyclic) bond motifs is 1. The summed E-state index contributed by atoms with van der Waals surface area (Å²) in [6, 6.07) is 14.5. The molecule has 0 atom stereocenters. The number of halogens is 1. The van der Waals surface area contributed by atoms with Crippen LogP contribution in [0.1, 0.15) is 32.4 Å². The lowest BCUT2D eigenvalue weighted by molar-refractivity contribution is -0.140. The van der Waals surface area contributed by atoms with Crippen LogP contribution in [-0.2, 0) is 14.6 Å². The number of carbonyl (C=O) groups excluding carboxylic acids is 1. The Kier molecular flexibility index (Phi) is 7.11. The molecule has 3 aromatic rings. The maximum Gasteiger partial charge on any atom is 0.229 e. The Balaban J connectivity index is 1.43. The molecular formula is C27H32ClN3O3S. The van der Waals surface area contributed by atoms with Gasteiger partial charge in [0.05, 0.1) is 16.1 Å². The predicted octanol–water partition coefficient (Wildman–Crippen LogP) is 5.12. The van der Waals surface area contributed by atoms with E-state index >= 15 is 0 Å². The van der Waals surface area contributed by atoms with Gasteiger partial charge in [0, 0.05) is 48.8 Å². The lowest BCUT2D eigenvalue weighted by Crippen LogP contribution is -2.50. The summed E-state index contributed by atoms with van der Waals surface area (Å²) in [5.41, 5.74) is 1.08. The first kappa shape index (κ1) is 25.5. The van der Waals surface area contributed by atoms with Crippen molar-refractivity contribution in [1.82, 2.24) is 9.88 Å². The largest absolute Gasteiger partial charge is 0.371 e. The van der Waals surface area contributed by atoms with Crippen LogP contribution < -0.4 is 4.90 Å². The van der Waals surface area contributed by atoms with Crippen LogP contribution in [0.2, 0.25) is 5.02 Å². The summed E-state index contributed by atoms with van der Waals surface area (Å²) in [5.74, 6) is -0.399. The van der Waals surface area contributed by atoms with Gasteiger partial charge in [-0.05, 0) is 66.9 Å². The molecule has 1 saturated heterocycles. The van der Waals surface area contributed by atoms with Gasteiger partial charge in [0.15, 0.2) is 9.84 Å². The van der Waals surface area contributed by atoms with Crippen LogP contribution in [-0.4, -0.2) is 56.1 Å². The van der Waals surface area contributed by atoms with Gasteiger partial charge in [0.25, 0.3) is 0 Å². The van der Waals surface area contributed by atoms with Crippen LogP contribution in [0.4, 0.5) is 5.69 Å². The molecule has 0 N–H and O–H groups in total. The number of sulfone groups is 1. The van der Waals surface area contributed by atoms with Gasteiger partial charge in [-0.25, -0.2) is 8.42 Å². The first-order valence-electron chi connectivity index (χ1n) is 11.8. The van der Waals surface area contributed by atoms with E-state index < -0.39 is 15.3 Å². The fourth-order valence-corrected chi connectivity index (χ4v) is 6.89. The van der Waals surface area contributed by atoms with E-state index in [0.29, 0.717) is 5.02 Å². The zero-order valence-electron chi connectivity index (χ0n) is 20.7. The minimum absolute atomic E-state index is 0.0779. The van der Waals surface area contributed by atoms with E-state index in [9.17, 15) is 13.2 Å². The monoisotopic (exact) mass is 513 g/mol. The van der Waals surface area contributed by atoms with Crippen molar-refractivity contribution in [2.45, 2.75) is 44.6 Å². The van der Waals surface area contributed by atoms with E-state index in [-0.39, 0.29) is 22.6 Å². The minimum Gasteiger partial charge on any atom is -0.371 e. The smallest absolute Gasteiger partial charge is 0.229 e. The fraction of sp³-hybridized carbons (Fsp3) is 0.407. The third-order valence-corrected chi connectivity index (χ3v) is 9.15. The van der Waals surface area contributed by atoms with Crippen molar-refractivity contribution >= 4 is 43.8 Å². The van der Waals surface area contributed by atoms with Crippen LogP contribution in [0.25, 0.3) is 10.8 Å². The van der Waals surface area contributed by atoms with Crippen molar-refractivity contribution in [3.05, 3.63) is 65.4 Å². The molecule has 0 bridgehead atoms. The van der Waals surface area contributed by atoms with Gasteiger partial charge in [-0.3, -0.25) is 9.78 Å². The molecule has 0 saturated carbocycles. The van der Waals surface area contributed by atoms with Crippen molar-refractivity contribution in [2.24, 2.45) is 5.41 Å². The molecular weight excluding hydrogens is 482 g/mol. The number of nitrogens with zero attached hydrogens (tertiary/aromatic N) is 3. The second kappa shape index (κ2) is 9.78. The normalized spacial score (nSPS) is 15.4. The lowest BCUT2D eigenvalue weighted by atomic mass is 9.92. The highest BCUT2D eigenvalue weighted by Gasteiger charge is 2.38. The highest BCUT2D eigenvalue weighted by molar-refractivity contribution is 7.91. The van der Waals surface area contributed by atoms with E-state index in [1.807, 2.05) is 19.2 Å². The molecule has 4 rings (SSSR count). The molecule has 0 aliphatic carbocycles. The quantitative estimate of drug-likeness (QED) is 0.457. The van der Waals surface area contributed by atoms with Crippen LogP contribution in [0.3, 0.4) is 0 Å². The average Bonchev–Trinajstić information content (AvgIpc) is 2.82. The number of hydrogen-bond acceptors (Lipinski definition) is 5. The number of pyridine rings is 1. The van der Waals surface area contributed by atoms with Gasteiger partial charge >= 0.3 is 0 Å². The molecule has 8 heteroatoms. The van der Waals surface area contributed by atoms with Gasteiger partial charge in [0.2, 0.25) is 5.91 Å². The van der Waals surface area contributed by atoms with E-state index in [0.717, 1.165) is 48.1 Å². The predicted molar refractivity (Wildman–Crippen MR) is 142 cm³/mol.